The first-order chi connectivity index (χ1) is 12.2. The Morgan fingerprint density at radius 2 is 1.50 bits per heavy atom. The summed E-state index contributed by atoms with van der Waals surface area (Å²) in [5.74, 6) is -0.917. The van der Waals surface area contributed by atoms with Gasteiger partial charge in [0.2, 0.25) is 11.8 Å². The number of halogens is 3. The van der Waals surface area contributed by atoms with Crippen molar-refractivity contribution in [1.29, 1.82) is 0 Å². The summed E-state index contributed by atoms with van der Waals surface area (Å²) in [6.07, 6.45) is -3.64. The molecule has 3 rings (SSSR count). The Balaban J connectivity index is 1.69. The molecule has 0 aromatic heterocycles. The van der Waals surface area contributed by atoms with Gasteiger partial charge in [0, 0.05) is 11.4 Å². The number of anilines is 2. The van der Waals surface area contributed by atoms with Gasteiger partial charge in [-0.3, -0.25) is 9.59 Å². The Bertz CT molecular complexity index is 841. The summed E-state index contributed by atoms with van der Waals surface area (Å²) < 4.78 is 37.8. The molecular formula is C19H17F3N2O2. The van der Waals surface area contributed by atoms with Gasteiger partial charge in [0.05, 0.1) is 5.56 Å². The Morgan fingerprint density at radius 1 is 0.923 bits per heavy atom. The van der Waals surface area contributed by atoms with E-state index >= 15 is 0 Å². The molecule has 0 saturated heterocycles. The number of nitrogens with one attached hydrogen (secondary N) is 2. The van der Waals surface area contributed by atoms with Crippen molar-refractivity contribution in [3.8, 4) is 0 Å². The molecule has 2 N–H and O–H groups in total. The molecule has 7 heteroatoms. The van der Waals surface area contributed by atoms with E-state index in [0.717, 1.165) is 17.7 Å². The van der Waals surface area contributed by atoms with Gasteiger partial charge >= 0.3 is 6.18 Å². The molecule has 2 aromatic rings. The van der Waals surface area contributed by atoms with Crippen molar-refractivity contribution >= 4 is 23.2 Å². The lowest BCUT2D eigenvalue weighted by molar-refractivity contribution is -0.137. The number of amides is 2. The Labute approximate surface area is 148 Å². The number of hydrogen-bond acceptors (Lipinski definition) is 2. The number of rotatable bonds is 4. The van der Waals surface area contributed by atoms with Gasteiger partial charge in [0.25, 0.3) is 0 Å². The monoisotopic (exact) mass is 362 g/mol. The van der Waals surface area contributed by atoms with Crippen molar-refractivity contribution in [1.82, 2.24) is 0 Å². The molecule has 0 bridgehead atoms. The molecule has 0 unspecified atom stereocenters. The van der Waals surface area contributed by atoms with E-state index in [1.54, 1.807) is 12.1 Å². The van der Waals surface area contributed by atoms with Gasteiger partial charge < -0.3 is 10.6 Å². The molecule has 0 atom stereocenters. The molecule has 0 radical (unpaired) electrons. The molecule has 2 aromatic carbocycles. The lowest BCUT2D eigenvalue weighted by Crippen LogP contribution is -2.35. The van der Waals surface area contributed by atoms with Crippen molar-refractivity contribution in [2.45, 2.75) is 25.9 Å². The number of alkyl halides is 3. The van der Waals surface area contributed by atoms with Crippen LogP contribution in [0.3, 0.4) is 0 Å². The highest BCUT2D eigenvalue weighted by Crippen LogP contribution is 2.47. The number of aryl methyl sites for hydroxylation is 1. The Kier molecular flexibility index (Phi) is 4.48. The zero-order valence-corrected chi connectivity index (χ0v) is 14.0. The number of carbonyl (C=O) groups excluding carboxylic acids is 2. The highest BCUT2D eigenvalue weighted by Gasteiger charge is 2.56. The molecule has 26 heavy (non-hydrogen) atoms. The third-order valence-electron chi connectivity index (χ3n) is 4.48. The lowest BCUT2D eigenvalue weighted by atomic mass is 10.0. The van der Waals surface area contributed by atoms with Crippen LogP contribution >= 0.6 is 0 Å². The van der Waals surface area contributed by atoms with Crippen molar-refractivity contribution in [3.63, 3.8) is 0 Å². The second kappa shape index (κ2) is 6.48. The van der Waals surface area contributed by atoms with Crippen LogP contribution in [0.5, 0.6) is 0 Å². The van der Waals surface area contributed by atoms with E-state index in [0.29, 0.717) is 18.5 Å². The molecule has 0 aliphatic heterocycles. The van der Waals surface area contributed by atoms with Crippen LogP contribution in [0.2, 0.25) is 0 Å². The minimum atomic E-state index is -4.44. The van der Waals surface area contributed by atoms with Crippen LogP contribution in [0.1, 0.15) is 24.0 Å². The van der Waals surface area contributed by atoms with E-state index in [1.165, 1.54) is 12.1 Å². The van der Waals surface area contributed by atoms with Crippen molar-refractivity contribution in [3.05, 3.63) is 59.7 Å². The van der Waals surface area contributed by atoms with Crippen molar-refractivity contribution < 1.29 is 22.8 Å². The van der Waals surface area contributed by atoms with E-state index < -0.39 is 29.0 Å². The first kappa shape index (κ1) is 18.0. The Morgan fingerprint density at radius 3 is 2.04 bits per heavy atom. The van der Waals surface area contributed by atoms with E-state index in [4.69, 9.17) is 0 Å². The normalized spacial score (nSPS) is 15.2. The summed E-state index contributed by atoms with van der Waals surface area (Å²) in [6, 6.07) is 11.4. The smallest absolute Gasteiger partial charge is 0.325 e. The second-order valence-electron chi connectivity index (χ2n) is 6.38. The van der Waals surface area contributed by atoms with Crippen LogP contribution in [-0.2, 0) is 15.8 Å². The molecule has 1 aliphatic rings. The second-order valence-corrected chi connectivity index (χ2v) is 6.38. The molecule has 1 aliphatic carbocycles. The van der Waals surface area contributed by atoms with Crippen LogP contribution < -0.4 is 10.6 Å². The van der Waals surface area contributed by atoms with E-state index in [2.05, 4.69) is 10.6 Å². The summed E-state index contributed by atoms with van der Waals surface area (Å²) in [5.41, 5.74) is -0.247. The Hall–Kier alpha value is -2.83. The lowest BCUT2D eigenvalue weighted by Gasteiger charge is -2.16. The highest BCUT2D eigenvalue weighted by molar-refractivity contribution is 6.17. The first-order valence-electron chi connectivity index (χ1n) is 8.08. The molecule has 4 nitrogen and oxygen atoms in total. The molecule has 1 saturated carbocycles. The molecule has 2 amide bonds. The average Bonchev–Trinajstić information content (AvgIpc) is 3.38. The van der Waals surface area contributed by atoms with Crippen LogP contribution in [0.4, 0.5) is 24.5 Å². The summed E-state index contributed by atoms with van der Waals surface area (Å²) in [7, 11) is 0. The standard InChI is InChI=1S/C19H17F3N2O2/c1-12-4-2-3-5-15(12)24-17(26)18(10-11-18)16(25)23-14-8-6-13(7-9-14)19(20,21)22/h2-9H,10-11H2,1H3,(H,23,25)(H,24,26). The SMILES string of the molecule is Cc1ccccc1NC(=O)C1(C(=O)Nc2ccc(C(F)(F)F)cc2)CC1. The average molecular weight is 362 g/mol. The molecule has 0 heterocycles. The van der Waals surface area contributed by atoms with Gasteiger partial charge in [-0.15, -0.1) is 0 Å². The van der Waals surface area contributed by atoms with Crippen molar-refractivity contribution in [2.75, 3.05) is 10.6 Å². The van der Waals surface area contributed by atoms with Gasteiger partial charge in [-0.05, 0) is 55.7 Å². The summed E-state index contributed by atoms with van der Waals surface area (Å²) in [4.78, 5) is 25.0. The largest absolute Gasteiger partial charge is 0.416 e. The van der Waals surface area contributed by atoms with Gasteiger partial charge in [-0.2, -0.15) is 13.2 Å². The van der Waals surface area contributed by atoms with E-state index in [1.807, 2.05) is 19.1 Å². The topological polar surface area (TPSA) is 58.2 Å². The van der Waals surface area contributed by atoms with E-state index in [-0.39, 0.29) is 5.69 Å². The first-order valence-corrected chi connectivity index (χ1v) is 8.08. The van der Waals surface area contributed by atoms with E-state index in [9.17, 15) is 22.8 Å². The molecular weight excluding hydrogens is 345 g/mol. The summed E-state index contributed by atoms with van der Waals surface area (Å²) in [6.45, 7) is 1.84. The van der Waals surface area contributed by atoms with Gasteiger partial charge in [0.15, 0.2) is 0 Å². The quantitative estimate of drug-likeness (QED) is 0.794. The minimum absolute atomic E-state index is 0.220. The number of hydrogen-bond donors (Lipinski definition) is 2. The van der Waals surface area contributed by atoms with Crippen molar-refractivity contribution in [2.24, 2.45) is 5.41 Å². The zero-order valence-electron chi connectivity index (χ0n) is 14.0. The van der Waals surface area contributed by atoms with Gasteiger partial charge in [0.1, 0.15) is 5.41 Å². The van der Waals surface area contributed by atoms with Crippen LogP contribution in [0.15, 0.2) is 48.5 Å². The predicted octanol–water partition coefficient (Wildman–Crippen LogP) is 4.37. The maximum Gasteiger partial charge on any atom is 0.416 e. The third kappa shape index (κ3) is 3.56. The van der Waals surface area contributed by atoms with Crippen LogP contribution in [-0.4, -0.2) is 11.8 Å². The fourth-order valence-electron chi connectivity index (χ4n) is 2.63. The molecule has 1 fully saturated rings. The number of benzene rings is 2. The molecule has 0 spiro atoms. The maximum absolute atomic E-state index is 12.6. The fraction of sp³-hybridized carbons (Fsp3) is 0.263. The number of para-hydroxylation sites is 1. The van der Waals surface area contributed by atoms with Gasteiger partial charge in [-0.1, -0.05) is 18.2 Å². The summed E-state index contributed by atoms with van der Waals surface area (Å²) >= 11 is 0. The fourth-order valence-corrected chi connectivity index (χ4v) is 2.63. The third-order valence-corrected chi connectivity index (χ3v) is 4.48. The maximum atomic E-state index is 12.6. The van der Waals surface area contributed by atoms with Gasteiger partial charge in [-0.25, -0.2) is 0 Å². The predicted molar refractivity (Wildman–Crippen MR) is 91.5 cm³/mol. The summed E-state index contributed by atoms with van der Waals surface area (Å²) in [5, 5.41) is 5.30. The van der Waals surface area contributed by atoms with Crippen LogP contribution in [0.25, 0.3) is 0 Å². The zero-order chi connectivity index (χ0) is 18.9. The minimum Gasteiger partial charge on any atom is -0.325 e. The number of carbonyl (C=O) groups is 2. The molecule has 136 valence electrons. The highest BCUT2D eigenvalue weighted by atomic mass is 19.4. The van der Waals surface area contributed by atoms with Crippen LogP contribution in [0, 0.1) is 12.3 Å².